The van der Waals surface area contributed by atoms with Gasteiger partial charge in [-0.25, -0.2) is 4.79 Å². The predicted octanol–water partition coefficient (Wildman–Crippen LogP) is 1.82. The van der Waals surface area contributed by atoms with E-state index < -0.39 is 5.54 Å². The number of imide groups is 1. The second-order valence-corrected chi connectivity index (χ2v) is 6.17. The minimum atomic E-state index is -0.760. The van der Waals surface area contributed by atoms with E-state index in [-0.39, 0.29) is 11.9 Å². The number of amides is 3. The van der Waals surface area contributed by atoms with Crippen molar-refractivity contribution in [1.29, 1.82) is 0 Å². The average molecular weight is 295 g/mol. The standard InChI is InChI=1S/C17H17N3O2/c1-3-13-5-4-10-6-11-8-17(9-12(11)7-14(10)18-13)15(21)19-16(22)20(17)2/h4-7H,3,8-9H2,1-2H3,(H,19,21,22). The van der Waals surface area contributed by atoms with Crippen molar-refractivity contribution < 1.29 is 9.59 Å². The van der Waals surface area contributed by atoms with Crippen molar-refractivity contribution in [2.24, 2.45) is 0 Å². The van der Waals surface area contributed by atoms with Crippen LogP contribution in [0, 0.1) is 0 Å². The van der Waals surface area contributed by atoms with Crippen LogP contribution in [-0.2, 0) is 24.1 Å². The van der Waals surface area contributed by atoms with Crippen molar-refractivity contribution in [2.45, 2.75) is 31.7 Å². The maximum absolute atomic E-state index is 12.3. The normalized spacial score (nSPS) is 23.5. The molecule has 22 heavy (non-hydrogen) atoms. The number of nitrogens with zero attached hydrogens (tertiary/aromatic N) is 2. The first-order valence-corrected chi connectivity index (χ1v) is 7.54. The quantitative estimate of drug-likeness (QED) is 0.816. The summed E-state index contributed by atoms with van der Waals surface area (Å²) in [6.45, 7) is 2.08. The van der Waals surface area contributed by atoms with Gasteiger partial charge in [-0.1, -0.05) is 13.0 Å². The third kappa shape index (κ3) is 1.62. The van der Waals surface area contributed by atoms with E-state index in [0.29, 0.717) is 12.8 Å². The number of pyridine rings is 1. The Hall–Kier alpha value is -2.43. The van der Waals surface area contributed by atoms with Crippen LogP contribution in [0.15, 0.2) is 24.3 Å². The lowest BCUT2D eigenvalue weighted by Gasteiger charge is -2.27. The first-order chi connectivity index (χ1) is 10.5. The molecule has 1 aliphatic heterocycles. The third-order valence-corrected chi connectivity index (χ3v) is 4.99. The zero-order valence-electron chi connectivity index (χ0n) is 12.6. The number of likely N-dealkylation sites (N-methyl/N-ethyl adjacent to an activating group) is 1. The van der Waals surface area contributed by atoms with Crippen LogP contribution < -0.4 is 5.32 Å². The van der Waals surface area contributed by atoms with Crippen LogP contribution in [-0.4, -0.2) is 34.4 Å². The fraction of sp³-hybridized carbons (Fsp3) is 0.353. The van der Waals surface area contributed by atoms with Gasteiger partial charge in [-0.3, -0.25) is 15.1 Å². The van der Waals surface area contributed by atoms with Crippen LogP contribution in [0.5, 0.6) is 0 Å². The SMILES string of the molecule is CCc1ccc2cc3c(cc2n1)CC1(C3)C(=O)NC(=O)N1C. The van der Waals surface area contributed by atoms with Crippen LogP contribution in [0.2, 0.25) is 0 Å². The van der Waals surface area contributed by atoms with E-state index in [1.165, 1.54) is 0 Å². The zero-order valence-corrected chi connectivity index (χ0v) is 12.6. The molecule has 5 nitrogen and oxygen atoms in total. The molecule has 1 spiro atoms. The number of hydrogen-bond acceptors (Lipinski definition) is 3. The van der Waals surface area contributed by atoms with Gasteiger partial charge in [0.1, 0.15) is 5.54 Å². The van der Waals surface area contributed by atoms with E-state index in [1.807, 2.05) is 6.07 Å². The molecule has 3 amide bonds. The first-order valence-electron chi connectivity index (χ1n) is 7.54. The van der Waals surface area contributed by atoms with E-state index in [1.54, 1.807) is 11.9 Å². The van der Waals surface area contributed by atoms with Crippen LogP contribution in [0.1, 0.15) is 23.7 Å². The molecular weight excluding hydrogens is 278 g/mol. The lowest BCUT2D eigenvalue weighted by atomic mass is 9.95. The third-order valence-electron chi connectivity index (χ3n) is 4.99. The Balaban J connectivity index is 1.82. The Morgan fingerprint density at radius 3 is 2.59 bits per heavy atom. The van der Waals surface area contributed by atoms with Crippen molar-refractivity contribution in [2.75, 3.05) is 7.05 Å². The molecule has 1 aromatic carbocycles. The number of carbonyl (C=O) groups is 2. The van der Waals surface area contributed by atoms with Crippen LogP contribution in [0.4, 0.5) is 4.79 Å². The summed E-state index contributed by atoms with van der Waals surface area (Å²) < 4.78 is 0. The molecule has 2 heterocycles. The highest BCUT2D eigenvalue weighted by Crippen LogP contribution is 2.38. The molecule has 112 valence electrons. The van der Waals surface area contributed by atoms with E-state index >= 15 is 0 Å². The molecule has 1 atom stereocenters. The molecule has 1 saturated heterocycles. The number of hydrogen-bond donors (Lipinski definition) is 1. The topological polar surface area (TPSA) is 62.3 Å². The number of aromatic nitrogens is 1. The van der Waals surface area contributed by atoms with Crippen molar-refractivity contribution in [3.8, 4) is 0 Å². The predicted molar refractivity (Wildman–Crippen MR) is 82.6 cm³/mol. The maximum Gasteiger partial charge on any atom is 0.324 e. The average Bonchev–Trinajstić information content (AvgIpc) is 2.98. The fourth-order valence-corrected chi connectivity index (χ4v) is 3.56. The Morgan fingerprint density at radius 1 is 1.23 bits per heavy atom. The molecule has 5 heteroatoms. The summed E-state index contributed by atoms with van der Waals surface area (Å²) in [5.41, 5.74) is 3.51. The van der Waals surface area contributed by atoms with Crippen molar-refractivity contribution >= 4 is 22.8 Å². The number of carbonyl (C=O) groups excluding carboxylic acids is 2. The minimum absolute atomic E-state index is 0.192. The summed E-state index contributed by atoms with van der Waals surface area (Å²) in [5.74, 6) is -0.192. The molecule has 1 aliphatic carbocycles. The Bertz CT molecular complexity index is 830. The molecular formula is C17H17N3O2. The van der Waals surface area contributed by atoms with Crippen LogP contribution >= 0.6 is 0 Å². The molecule has 0 radical (unpaired) electrons. The Kier molecular flexibility index (Phi) is 2.58. The number of aryl methyl sites for hydroxylation is 1. The Morgan fingerprint density at radius 2 is 1.95 bits per heavy atom. The molecule has 1 N–H and O–H groups in total. The fourth-order valence-electron chi connectivity index (χ4n) is 3.56. The highest BCUT2D eigenvalue weighted by Gasteiger charge is 2.54. The van der Waals surface area contributed by atoms with Gasteiger partial charge in [0.2, 0.25) is 0 Å². The molecule has 1 unspecified atom stereocenters. The highest BCUT2D eigenvalue weighted by molar-refractivity contribution is 6.07. The smallest absolute Gasteiger partial charge is 0.312 e. The lowest BCUT2D eigenvalue weighted by Crippen LogP contribution is -2.48. The van der Waals surface area contributed by atoms with E-state index in [0.717, 1.165) is 34.1 Å². The van der Waals surface area contributed by atoms with Crippen molar-refractivity contribution in [1.82, 2.24) is 15.2 Å². The molecule has 2 aliphatic rings. The van der Waals surface area contributed by atoms with E-state index in [9.17, 15) is 9.59 Å². The second kappa shape index (κ2) is 4.29. The van der Waals surface area contributed by atoms with Crippen molar-refractivity contribution in [3.05, 3.63) is 41.1 Å². The van der Waals surface area contributed by atoms with Gasteiger partial charge in [0.05, 0.1) is 5.52 Å². The number of rotatable bonds is 1. The number of fused-ring (bicyclic) bond motifs is 2. The molecule has 1 fully saturated rings. The van der Waals surface area contributed by atoms with E-state index in [2.05, 4.69) is 35.4 Å². The summed E-state index contributed by atoms with van der Waals surface area (Å²) in [6, 6.07) is 7.99. The summed E-state index contributed by atoms with van der Waals surface area (Å²) in [7, 11) is 1.69. The maximum atomic E-state index is 12.3. The monoisotopic (exact) mass is 295 g/mol. The molecule has 0 bridgehead atoms. The van der Waals surface area contributed by atoms with Crippen LogP contribution in [0.25, 0.3) is 10.9 Å². The van der Waals surface area contributed by atoms with Gasteiger partial charge in [-0.2, -0.15) is 0 Å². The van der Waals surface area contributed by atoms with Gasteiger partial charge >= 0.3 is 6.03 Å². The molecule has 2 aromatic rings. The van der Waals surface area contributed by atoms with Crippen LogP contribution in [0.3, 0.4) is 0 Å². The summed E-state index contributed by atoms with van der Waals surface area (Å²) in [4.78, 5) is 30.3. The second-order valence-electron chi connectivity index (χ2n) is 6.17. The van der Waals surface area contributed by atoms with Gasteiger partial charge in [-0.15, -0.1) is 0 Å². The molecule has 0 saturated carbocycles. The number of urea groups is 1. The molecule has 1 aromatic heterocycles. The largest absolute Gasteiger partial charge is 0.324 e. The minimum Gasteiger partial charge on any atom is -0.312 e. The lowest BCUT2D eigenvalue weighted by molar-refractivity contribution is -0.125. The van der Waals surface area contributed by atoms with Crippen molar-refractivity contribution in [3.63, 3.8) is 0 Å². The van der Waals surface area contributed by atoms with Gasteiger partial charge < -0.3 is 4.90 Å². The zero-order chi connectivity index (χ0) is 15.5. The van der Waals surface area contributed by atoms with E-state index in [4.69, 9.17) is 0 Å². The number of nitrogens with one attached hydrogen (secondary N) is 1. The Labute approximate surface area is 128 Å². The van der Waals surface area contributed by atoms with Gasteiger partial charge in [0, 0.05) is 31.0 Å². The first kappa shape index (κ1) is 13.2. The summed E-state index contributed by atoms with van der Waals surface area (Å²) in [6.07, 6.45) is 2.03. The van der Waals surface area contributed by atoms with Gasteiger partial charge in [0.15, 0.2) is 0 Å². The summed E-state index contributed by atoms with van der Waals surface area (Å²) >= 11 is 0. The highest BCUT2D eigenvalue weighted by atomic mass is 16.2. The summed E-state index contributed by atoms with van der Waals surface area (Å²) in [5, 5.41) is 3.51. The number of benzene rings is 1. The van der Waals surface area contributed by atoms with Gasteiger partial charge in [-0.05, 0) is 35.7 Å². The van der Waals surface area contributed by atoms with Gasteiger partial charge in [0.25, 0.3) is 5.91 Å². The molecule has 4 rings (SSSR count).